The molecule has 0 aromatic heterocycles. The zero-order valence-corrected chi connectivity index (χ0v) is 19.3. The first-order valence-electron chi connectivity index (χ1n) is 11.5. The number of amides is 4. The molecule has 0 saturated heterocycles. The molecule has 0 unspecified atom stereocenters. The second kappa shape index (κ2) is 11.4. The molecule has 33 heavy (non-hydrogen) atoms. The Hall–Kier alpha value is -3.48. The smallest absolute Gasteiger partial charge is 0.261 e. The minimum atomic E-state index is -0.631. The van der Waals surface area contributed by atoms with Gasteiger partial charge in [0, 0.05) is 26.1 Å². The van der Waals surface area contributed by atoms with Crippen molar-refractivity contribution in [1.82, 2.24) is 15.1 Å². The Morgan fingerprint density at radius 3 is 2.15 bits per heavy atom. The van der Waals surface area contributed by atoms with Crippen LogP contribution in [0.15, 0.2) is 54.6 Å². The summed E-state index contributed by atoms with van der Waals surface area (Å²) in [6.45, 7) is 4.83. The molecule has 0 saturated carbocycles. The predicted octanol–water partition coefficient (Wildman–Crippen LogP) is 3.40. The van der Waals surface area contributed by atoms with Gasteiger partial charge >= 0.3 is 0 Å². The summed E-state index contributed by atoms with van der Waals surface area (Å²) < 4.78 is 0. The van der Waals surface area contributed by atoms with Crippen molar-refractivity contribution in [3.63, 3.8) is 0 Å². The van der Waals surface area contributed by atoms with Crippen molar-refractivity contribution in [1.29, 1.82) is 0 Å². The maximum absolute atomic E-state index is 13.1. The molecule has 0 radical (unpaired) electrons. The van der Waals surface area contributed by atoms with E-state index >= 15 is 0 Å². The average Bonchev–Trinajstić information content (AvgIpc) is 3.07. The minimum absolute atomic E-state index is 0.132. The number of unbranched alkanes of at least 4 members (excludes halogenated alkanes) is 1. The molecule has 0 aliphatic carbocycles. The van der Waals surface area contributed by atoms with Crippen LogP contribution >= 0.6 is 0 Å². The van der Waals surface area contributed by atoms with Gasteiger partial charge in [0.1, 0.15) is 6.04 Å². The Labute approximate surface area is 194 Å². The molecule has 0 fully saturated rings. The Morgan fingerprint density at radius 1 is 0.939 bits per heavy atom. The van der Waals surface area contributed by atoms with E-state index in [0.717, 1.165) is 18.4 Å². The van der Waals surface area contributed by atoms with Gasteiger partial charge in [-0.25, -0.2) is 0 Å². The number of rotatable bonds is 11. The van der Waals surface area contributed by atoms with Gasteiger partial charge in [0.25, 0.3) is 11.8 Å². The molecule has 0 bridgehead atoms. The molecule has 2 aromatic rings. The first-order valence-corrected chi connectivity index (χ1v) is 11.5. The molecular weight excluding hydrogens is 418 g/mol. The van der Waals surface area contributed by atoms with Crippen LogP contribution in [0.2, 0.25) is 0 Å². The summed E-state index contributed by atoms with van der Waals surface area (Å²) in [5.74, 6) is -1.03. The summed E-state index contributed by atoms with van der Waals surface area (Å²) in [5.41, 5.74) is 1.73. The number of carbonyl (C=O) groups is 4. The third-order valence-electron chi connectivity index (χ3n) is 5.84. The van der Waals surface area contributed by atoms with Gasteiger partial charge in [-0.05, 0) is 37.5 Å². The molecule has 1 aliphatic heterocycles. The van der Waals surface area contributed by atoms with Crippen molar-refractivity contribution in [3.05, 3.63) is 71.3 Å². The third kappa shape index (κ3) is 5.86. The van der Waals surface area contributed by atoms with E-state index in [1.807, 2.05) is 30.3 Å². The van der Waals surface area contributed by atoms with Crippen molar-refractivity contribution in [2.24, 2.45) is 0 Å². The van der Waals surface area contributed by atoms with Crippen LogP contribution in [0.3, 0.4) is 0 Å². The van der Waals surface area contributed by atoms with Gasteiger partial charge in [-0.1, -0.05) is 55.8 Å². The number of imide groups is 1. The quantitative estimate of drug-likeness (QED) is 0.421. The van der Waals surface area contributed by atoms with Gasteiger partial charge in [0.05, 0.1) is 11.1 Å². The van der Waals surface area contributed by atoms with Crippen LogP contribution in [0.5, 0.6) is 0 Å². The van der Waals surface area contributed by atoms with Gasteiger partial charge in [-0.15, -0.1) is 0 Å². The number of hydrogen-bond acceptors (Lipinski definition) is 4. The van der Waals surface area contributed by atoms with E-state index in [4.69, 9.17) is 0 Å². The molecule has 4 amide bonds. The van der Waals surface area contributed by atoms with Crippen LogP contribution in [-0.4, -0.2) is 52.6 Å². The Balaban J connectivity index is 1.63. The molecule has 7 nitrogen and oxygen atoms in total. The fraction of sp³-hybridized carbons (Fsp3) is 0.385. The van der Waals surface area contributed by atoms with Crippen LogP contribution in [0.25, 0.3) is 0 Å². The van der Waals surface area contributed by atoms with Crippen LogP contribution in [0.4, 0.5) is 0 Å². The standard InChI is InChI=1S/C26H31N3O4/c1-3-4-16-27-24(31)19(2)29(18-20-11-6-5-7-12-20)23(30)15-10-17-28-25(32)21-13-8-9-14-22(21)26(28)33/h5-9,11-14,19H,3-4,10,15-18H2,1-2H3,(H,27,31)/t19-/m0/s1. The van der Waals surface area contributed by atoms with E-state index in [0.29, 0.717) is 30.6 Å². The molecular formula is C26H31N3O4. The number of nitrogens with zero attached hydrogens (tertiary/aromatic N) is 2. The van der Waals surface area contributed by atoms with Crippen molar-refractivity contribution in [2.75, 3.05) is 13.1 Å². The second-order valence-electron chi connectivity index (χ2n) is 8.24. The SMILES string of the molecule is CCCCNC(=O)[C@H](C)N(Cc1ccccc1)C(=O)CCCN1C(=O)c2ccccc2C1=O. The fourth-order valence-electron chi connectivity index (χ4n) is 3.87. The molecule has 7 heteroatoms. The maximum Gasteiger partial charge on any atom is 0.261 e. The van der Waals surface area contributed by atoms with Crippen LogP contribution in [0.1, 0.15) is 65.8 Å². The number of fused-ring (bicyclic) bond motifs is 1. The molecule has 1 atom stereocenters. The maximum atomic E-state index is 13.1. The van der Waals surface area contributed by atoms with Crippen LogP contribution in [-0.2, 0) is 16.1 Å². The van der Waals surface area contributed by atoms with E-state index in [1.165, 1.54) is 4.90 Å². The van der Waals surface area contributed by atoms with Gasteiger partial charge in [0.2, 0.25) is 11.8 Å². The number of benzene rings is 2. The summed E-state index contributed by atoms with van der Waals surface area (Å²) in [6, 6.07) is 15.6. The minimum Gasteiger partial charge on any atom is -0.354 e. The molecule has 1 N–H and O–H groups in total. The third-order valence-corrected chi connectivity index (χ3v) is 5.84. The molecule has 1 heterocycles. The summed E-state index contributed by atoms with van der Waals surface area (Å²) in [5, 5.41) is 2.90. The van der Waals surface area contributed by atoms with E-state index in [9.17, 15) is 19.2 Å². The molecule has 174 valence electrons. The van der Waals surface area contributed by atoms with Crippen LogP contribution < -0.4 is 5.32 Å². The van der Waals surface area contributed by atoms with E-state index in [2.05, 4.69) is 12.2 Å². The lowest BCUT2D eigenvalue weighted by molar-refractivity contribution is -0.140. The molecule has 1 aliphatic rings. The number of nitrogens with one attached hydrogen (secondary N) is 1. The highest BCUT2D eigenvalue weighted by Gasteiger charge is 2.35. The molecule has 0 spiro atoms. The van der Waals surface area contributed by atoms with Crippen molar-refractivity contribution in [3.8, 4) is 0 Å². The van der Waals surface area contributed by atoms with Crippen molar-refractivity contribution >= 4 is 23.6 Å². The predicted molar refractivity (Wildman–Crippen MR) is 125 cm³/mol. The molecule has 2 aromatic carbocycles. The fourth-order valence-corrected chi connectivity index (χ4v) is 3.87. The summed E-state index contributed by atoms with van der Waals surface area (Å²) in [6.07, 6.45) is 2.32. The van der Waals surface area contributed by atoms with Crippen molar-refractivity contribution < 1.29 is 19.2 Å². The average molecular weight is 450 g/mol. The monoisotopic (exact) mass is 449 g/mol. The zero-order valence-electron chi connectivity index (χ0n) is 19.3. The van der Waals surface area contributed by atoms with E-state index < -0.39 is 6.04 Å². The normalized spacial score (nSPS) is 13.6. The lowest BCUT2D eigenvalue weighted by atomic mass is 10.1. The van der Waals surface area contributed by atoms with Gasteiger partial charge in [0.15, 0.2) is 0 Å². The van der Waals surface area contributed by atoms with Crippen LogP contribution in [0, 0.1) is 0 Å². The van der Waals surface area contributed by atoms with E-state index in [-0.39, 0.29) is 36.6 Å². The van der Waals surface area contributed by atoms with E-state index in [1.54, 1.807) is 36.1 Å². The van der Waals surface area contributed by atoms with Gasteiger partial charge < -0.3 is 10.2 Å². The lowest BCUT2D eigenvalue weighted by Crippen LogP contribution is -2.47. The summed E-state index contributed by atoms with van der Waals surface area (Å²) in [7, 11) is 0. The summed E-state index contributed by atoms with van der Waals surface area (Å²) >= 11 is 0. The van der Waals surface area contributed by atoms with Gasteiger partial charge in [-0.3, -0.25) is 24.1 Å². The highest BCUT2D eigenvalue weighted by atomic mass is 16.2. The zero-order chi connectivity index (χ0) is 23.8. The topological polar surface area (TPSA) is 86.8 Å². The Bertz CT molecular complexity index is 971. The summed E-state index contributed by atoms with van der Waals surface area (Å²) in [4.78, 5) is 53.6. The largest absolute Gasteiger partial charge is 0.354 e. The second-order valence-corrected chi connectivity index (χ2v) is 8.24. The lowest BCUT2D eigenvalue weighted by Gasteiger charge is -2.29. The highest BCUT2D eigenvalue weighted by Crippen LogP contribution is 2.23. The number of carbonyl (C=O) groups excluding carboxylic acids is 4. The number of hydrogen-bond donors (Lipinski definition) is 1. The first kappa shape index (κ1) is 24.2. The molecule has 3 rings (SSSR count). The Morgan fingerprint density at radius 2 is 1.55 bits per heavy atom. The van der Waals surface area contributed by atoms with Crippen molar-refractivity contribution in [2.45, 2.75) is 52.1 Å². The first-order chi connectivity index (χ1) is 15.9. The highest BCUT2D eigenvalue weighted by molar-refractivity contribution is 6.21. The van der Waals surface area contributed by atoms with Gasteiger partial charge in [-0.2, -0.15) is 0 Å². The Kier molecular flexibility index (Phi) is 8.35.